The van der Waals surface area contributed by atoms with Gasteiger partial charge in [-0.15, -0.1) is 0 Å². The molecule has 0 heterocycles. The maximum Gasteiger partial charge on any atom is 0.155 e. The van der Waals surface area contributed by atoms with Crippen LogP contribution in [0.4, 0.5) is 0 Å². The summed E-state index contributed by atoms with van der Waals surface area (Å²) in [7, 11) is 0. The molecule has 0 spiro atoms. The summed E-state index contributed by atoms with van der Waals surface area (Å²) in [6.07, 6.45) is 0.404. The highest BCUT2D eigenvalue weighted by Crippen LogP contribution is 2.16. The van der Waals surface area contributed by atoms with Crippen LogP contribution in [0.1, 0.15) is 26.3 Å². The van der Waals surface area contributed by atoms with Crippen molar-refractivity contribution in [2.75, 3.05) is 6.61 Å². The Morgan fingerprint density at radius 3 is 2.28 bits per heavy atom. The largest absolute Gasteiger partial charge is 0.370 e. The zero-order valence-electron chi connectivity index (χ0n) is 11.2. The average molecular weight is 248 g/mol. The van der Waals surface area contributed by atoms with Crippen molar-refractivity contribution in [2.45, 2.75) is 33.3 Å². The second-order valence-corrected chi connectivity index (χ2v) is 4.63. The highest BCUT2D eigenvalue weighted by atomic mass is 16.5. The van der Waals surface area contributed by atoms with Gasteiger partial charge in [0.15, 0.2) is 5.78 Å². The third-order valence-electron chi connectivity index (χ3n) is 2.94. The maximum absolute atomic E-state index is 11.7. The lowest BCUT2D eigenvalue weighted by atomic mass is 9.91. The number of rotatable bonds is 7. The van der Waals surface area contributed by atoms with Crippen LogP contribution in [-0.2, 0) is 20.7 Å². The third kappa shape index (κ3) is 4.80. The van der Waals surface area contributed by atoms with Crippen molar-refractivity contribution in [2.24, 2.45) is 5.92 Å². The lowest BCUT2D eigenvalue weighted by Gasteiger charge is -2.21. The zero-order valence-corrected chi connectivity index (χ0v) is 11.2. The first-order valence-electron chi connectivity index (χ1n) is 6.16. The van der Waals surface area contributed by atoms with Gasteiger partial charge in [0.05, 0.1) is 6.10 Å². The van der Waals surface area contributed by atoms with Crippen LogP contribution in [0.25, 0.3) is 0 Å². The number of carbonyl (C=O) groups excluding carboxylic acids is 2. The molecule has 0 radical (unpaired) electrons. The van der Waals surface area contributed by atoms with Gasteiger partial charge in [0.1, 0.15) is 12.4 Å². The number of hydrogen-bond acceptors (Lipinski definition) is 3. The number of ether oxygens (including phenoxy) is 1. The van der Waals surface area contributed by atoms with Gasteiger partial charge < -0.3 is 4.74 Å². The number of carbonyl (C=O) groups is 2. The Morgan fingerprint density at radius 1 is 1.17 bits per heavy atom. The SMILES string of the molecule is CC(=O)COC(C)C(Cc1ccccc1)C(C)=O. The molecule has 0 aliphatic carbocycles. The molecule has 0 aliphatic rings. The van der Waals surface area contributed by atoms with Crippen LogP contribution in [0.5, 0.6) is 0 Å². The van der Waals surface area contributed by atoms with Crippen LogP contribution in [-0.4, -0.2) is 24.3 Å². The Labute approximate surface area is 108 Å². The van der Waals surface area contributed by atoms with Crippen molar-refractivity contribution in [3.8, 4) is 0 Å². The van der Waals surface area contributed by atoms with E-state index in [1.54, 1.807) is 6.92 Å². The normalized spacial score (nSPS) is 13.9. The molecule has 0 bridgehead atoms. The van der Waals surface area contributed by atoms with Crippen LogP contribution in [0.15, 0.2) is 30.3 Å². The average Bonchev–Trinajstić information content (AvgIpc) is 2.34. The van der Waals surface area contributed by atoms with Gasteiger partial charge in [0.2, 0.25) is 0 Å². The van der Waals surface area contributed by atoms with E-state index in [4.69, 9.17) is 4.74 Å². The second-order valence-electron chi connectivity index (χ2n) is 4.63. The van der Waals surface area contributed by atoms with E-state index < -0.39 is 0 Å². The van der Waals surface area contributed by atoms with Crippen LogP contribution in [0, 0.1) is 5.92 Å². The summed E-state index contributed by atoms with van der Waals surface area (Å²) in [5, 5.41) is 0. The van der Waals surface area contributed by atoms with Crippen molar-refractivity contribution < 1.29 is 14.3 Å². The van der Waals surface area contributed by atoms with Crippen molar-refractivity contribution in [1.29, 1.82) is 0 Å². The summed E-state index contributed by atoms with van der Waals surface area (Å²) >= 11 is 0. The Morgan fingerprint density at radius 2 is 1.78 bits per heavy atom. The molecule has 0 fully saturated rings. The van der Waals surface area contributed by atoms with E-state index in [9.17, 15) is 9.59 Å². The lowest BCUT2D eigenvalue weighted by Crippen LogP contribution is -2.30. The fraction of sp³-hybridized carbons (Fsp3) is 0.467. The molecule has 0 saturated carbocycles. The van der Waals surface area contributed by atoms with E-state index in [-0.39, 0.29) is 30.2 Å². The van der Waals surface area contributed by atoms with Crippen molar-refractivity contribution >= 4 is 11.6 Å². The zero-order chi connectivity index (χ0) is 13.5. The summed E-state index contributed by atoms with van der Waals surface area (Å²) in [5.74, 6) is -0.134. The van der Waals surface area contributed by atoms with E-state index in [1.165, 1.54) is 6.92 Å². The third-order valence-corrected chi connectivity index (χ3v) is 2.94. The Bertz CT molecular complexity index is 397. The van der Waals surface area contributed by atoms with E-state index >= 15 is 0 Å². The van der Waals surface area contributed by atoms with Gasteiger partial charge in [0, 0.05) is 5.92 Å². The molecule has 1 rings (SSSR count). The number of Topliss-reactive ketones (excluding diaryl/α,β-unsaturated/α-hetero) is 2. The van der Waals surface area contributed by atoms with Gasteiger partial charge in [-0.2, -0.15) is 0 Å². The summed E-state index contributed by atoms with van der Waals surface area (Å²) in [6, 6.07) is 9.84. The van der Waals surface area contributed by atoms with Crippen LogP contribution >= 0.6 is 0 Å². The molecule has 0 aliphatic heterocycles. The molecule has 3 heteroatoms. The molecule has 3 nitrogen and oxygen atoms in total. The van der Waals surface area contributed by atoms with Crippen molar-refractivity contribution in [3.05, 3.63) is 35.9 Å². The molecule has 0 saturated heterocycles. The minimum Gasteiger partial charge on any atom is -0.370 e. The van der Waals surface area contributed by atoms with Crippen LogP contribution in [0.2, 0.25) is 0 Å². The topological polar surface area (TPSA) is 43.4 Å². The second kappa shape index (κ2) is 7.07. The van der Waals surface area contributed by atoms with E-state index in [0.29, 0.717) is 6.42 Å². The van der Waals surface area contributed by atoms with Crippen molar-refractivity contribution in [1.82, 2.24) is 0 Å². The number of benzene rings is 1. The molecule has 98 valence electrons. The molecule has 2 atom stereocenters. The van der Waals surface area contributed by atoms with E-state index in [2.05, 4.69) is 0 Å². The first-order chi connectivity index (χ1) is 8.50. The standard InChI is InChI=1S/C15H20O3/c1-11(16)10-18-13(3)15(12(2)17)9-14-7-5-4-6-8-14/h4-8,13,15H,9-10H2,1-3H3. The molecule has 0 amide bonds. The summed E-state index contributed by atoms with van der Waals surface area (Å²) in [4.78, 5) is 22.6. The fourth-order valence-corrected chi connectivity index (χ4v) is 1.87. The molecule has 2 unspecified atom stereocenters. The molecule has 18 heavy (non-hydrogen) atoms. The fourth-order valence-electron chi connectivity index (χ4n) is 1.87. The molecular formula is C15H20O3. The minimum atomic E-state index is -0.244. The molecular weight excluding hydrogens is 228 g/mol. The predicted molar refractivity (Wildman–Crippen MR) is 70.4 cm³/mol. The quantitative estimate of drug-likeness (QED) is 0.744. The summed E-state index contributed by atoms with van der Waals surface area (Å²) < 4.78 is 5.43. The number of hydrogen-bond donors (Lipinski definition) is 0. The van der Waals surface area contributed by atoms with Gasteiger partial charge in [-0.05, 0) is 32.8 Å². The molecule has 0 aromatic heterocycles. The van der Waals surface area contributed by atoms with Crippen molar-refractivity contribution in [3.63, 3.8) is 0 Å². The van der Waals surface area contributed by atoms with Gasteiger partial charge in [-0.1, -0.05) is 30.3 Å². The van der Waals surface area contributed by atoms with Gasteiger partial charge in [-0.25, -0.2) is 0 Å². The first-order valence-corrected chi connectivity index (χ1v) is 6.16. The van der Waals surface area contributed by atoms with Gasteiger partial charge in [-0.3, -0.25) is 9.59 Å². The van der Waals surface area contributed by atoms with E-state index in [0.717, 1.165) is 5.56 Å². The monoisotopic (exact) mass is 248 g/mol. The maximum atomic E-state index is 11.7. The Hall–Kier alpha value is -1.48. The molecule has 1 aromatic carbocycles. The van der Waals surface area contributed by atoms with Gasteiger partial charge >= 0.3 is 0 Å². The van der Waals surface area contributed by atoms with Crippen LogP contribution < -0.4 is 0 Å². The lowest BCUT2D eigenvalue weighted by molar-refractivity contribution is -0.131. The van der Waals surface area contributed by atoms with Gasteiger partial charge in [0.25, 0.3) is 0 Å². The van der Waals surface area contributed by atoms with E-state index in [1.807, 2.05) is 37.3 Å². The highest BCUT2D eigenvalue weighted by molar-refractivity contribution is 5.79. The molecule has 1 aromatic rings. The minimum absolute atomic E-state index is 0.0242. The summed E-state index contributed by atoms with van der Waals surface area (Å²) in [6.45, 7) is 4.96. The van der Waals surface area contributed by atoms with Crippen LogP contribution in [0.3, 0.4) is 0 Å². The predicted octanol–water partition coefficient (Wildman–Crippen LogP) is 2.43. The molecule has 0 N–H and O–H groups in total. The highest BCUT2D eigenvalue weighted by Gasteiger charge is 2.23. The Balaban J connectivity index is 2.65. The summed E-state index contributed by atoms with van der Waals surface area (Å²) in [5.41, 5.74) is 1.11. The first kappa shape index (κ1) is 14.6. The number of ketones is 2. The smallest absolute Gasteiger partial charge is 0.155 e. The Kier molecular flexibility index (Phi) is 5.72.